The first kappa shape index (κ1) is 10.3. The summed E-state index contributed by atoms with van der Waals surface area (Å²) in [5.74, 6) is 0. The second-order valence-corrected chi connectivity index (χ2v) is 4.32. The zero-order chi connectivity index (χ0) is 10.7. The van der Waals surface area contributed by atoms with Crippen molar-refractivity contribution in [2.45, 2.75) is 19.9 Å². The van der Waals surface area contributed by atoms with Crippen LogP contribution in [-0.4, -0.2) is 9.97 Å². The van der Waals surface area contributed by atoms with Gasteiger partial charge in [-0.2, -0.15) is 0 Å². The molecule has 0 aliphatic carbocycles. The summed E-state index contributed by atoms with van der Waals surface area (Å²) in [7, 11) is 0. The van der Waals surface area contributed by atoms with E-state index in [1.54, 1.807) is 17.5 Å². The van der Waals surface area contributed by atoms with E-state index in [4.69, 9.17) is 5.73 Å². The Bertz CT molecular complexity index is 451. The second-order valence-electron chi connectivity index (χ2n) is 3.20. The molecule has 2 aromatic heterocycles. The Kier molecular flexibility index (Phi) is 3.08. The van der Waals surface area contributed by atoms with Gasteiger partial charge in [0.2, 0.25) is 0 Å². The molecule has 0 unspecified atom stereocenters. The van der Waals surface area contributed by atoms with Gasteiger partial charge in [0.05, 0.1) is 0 Å². The van der Waals surface area contributed by atoms with Crippen molar-refractivity contribution in [2.75, 3.05) is 0 Å². The lowest BCUT2D eigenvalue weighted by atomic mass is 10.1. The third-order valence-electron chi connectivity index (χ3n) is 2.23. The van der Waals surface area contributed by atoms with E-state index in [1.807, 2.05) is 12.3 Å². The standard InChI is InChI=1S/C11H13N3S/c1-2-8-4-3-5-13-10(8)11-14-7-9(6-12)15-11/h3-5,7H,2,6,12H2,1H3. The van der Waals surface area contributed by atoms with Gasteiger partial charge in [-0.25, -0.2) is 4.98 Å². The smallest absolute Gasteiger partial charge is 0.142 e. The fourth-order valence-electron chi connectivity index (χ4n) is 1.43. The zero-order valence-corrected chi connectivity index (χ0v) is 9.42. The van der Waals surface area contributed by atoms with E-state index >= 15 is 0 Å². The van der Waals surface area contributed by atoms with Gasteiger partial charge < -0.3 is 5.73 Å². The van der Waals surface area contributed by atoms with Crippen molar-refractivity contribution in [1.82, 2.24) is 9.97 Å². The van der Waals surface area contributed by atoms with Crippen LogP contribution < -0.4 is 5.73 Å². The highest BCUT2D eigenvalue weighted by Crippen LogP contribution is 2.26. The molecule has 2 aromatic rings. The first-order valence-electron chi connectivity index (χ1n) is 4.94. The van der Waals surface area contributed by atoms with Crippen molar-refractivity contribution in [1.29, 1.82) is 0 Å². The Morgan fingerprint density at radius 2 is 2.27 bits per heavy atom. The zero-order valence-electron chi connectivity index (χ0n) is 8.60. The van der Waals surface area contributed by atoms with Crippen LogP contribution >= 0.6 is 11.3 Å². The van der Waals surface area contributed by atoms with E-state index in [1.165, 1.54) is 5.56 Å². The molecule has 2 N–H and O–H groups in total. The number of hydrogen-bond acceptors (Lipinski definition) is 4. The quantitative estimate of drug-likeness (QED) is 0.861. The van der Waals surface area contributed by atoms with E-state index in [0.717, 1.165) is 22.0 Å². The lowest BCUT2D eigenvalue weighted by Crippen LogP contribution is -1.91. The fraction of sp³-hybridized carbons (Fsp3) is 0.273. The van der Waals surface area contributed by atoms with Crippen LogP contribution in [0, 0.1) is 0 Å². The minimum Gasteiger partial charge on any atom is -0.326 e. The van der Waals surface area contributed by atoms with Crippen LogP contribution in [0.2, 0.25) is 0 Å². The predicted molar refractivity (Wildman–Crippen MR) is 62.6 cm³/mol. The van der Waals surface area contributed by atoms with Crippen molar-refractivity contribution in [3.63, 3.8) is 0 Å². The van der Waals surface area contributed by atoms with Crippen LogP contribution in [0.5, 0.6) is 0 Å². The van der Waals surface area contributed by atoms with Crippen LogP contribution in [-0.2, 0) is 13.0 Å². The van der Waals surface area contributed by atoms with Gasteiger partial charge in [0.1, 0.15) is 10.7 Å². The van der Waals surface area contributed by atoms with E-state index < -0.39 is 0 Å². The summed E-state index contributed by atoms with van der Waals surface area (Å²) in [6, 6.07) is 4.05. The molecule has 0 atom stereocenters. The predicted octanol–water partition coefficient (Wildman–Crippen LogP) is 2.23. The van der Waals surface area contributed by atoms with Gasteiger partial charge in [-0.05, 0) is 18.1 Å². The number of rotatable bonds is 3. The molecule has 0 aromatic carbocycles. The number of hydrogen-bond donors (Lipinski definition) is 1. The summed E-state index contributed by atoms with van der Waals surface area (Å²) < 4.78 is 0. The largest absolute Gasteiger partial charge is 0.326 e. The Labute approximate surface area is 93.0 Å². The first-order chi connectivity index (χ1) is 7.35. The third-order valence-corrected chi connectivity index (χ3v) is 3.26. The number of thiazole rings is 1. The van der Waals surface area contributed by atoms with Crippen LogP contribution in [0.3, 0.4) is 0 Å². The molecule has 0 spiro atoms. The molecule has 0 aliphatic rings. The number of pyridine rings is 1. The molecule has 0 saturated heterocycles. The minimum absolute atomic E-state index is 0.548. The molecular weight excluding hydrogens is 206 g/mol. The van der Waals surface area contributed by atoms with E-state index in [-0.39, 0.29) is 0 Å². The van der Waals surface area contributed by atoms with Crippen LogP contribution in [0.25, 0.3) is 10.7 Å². The molecule has 0 bridgehead atoms. The normalized spacial score (nSPS) is 10.5. The van der Waals surface area contributed by atoms with Gasteiger partial charge in [0.15, 0.2) is 0 Å². The minimum atomic E-state index is 0.548. The van der Waals surface area contributed by atoms with Crippen LogP contribution in [0.15, 0.2) is 24.5 Å². The lowest BCUT2D eigenvalue weighted by Gasteiger charge is -2.01. The number of aryl methyl sites for hydroxylation is 1. The monoisotopic (exact) mass is 219 g/mol. The van der Waals surface area contributed by atoms with Gasteiger partial charge in [-0.15, -0.1) is 11.3 Å². The molecule has 0 saturated carbocycles. The van der Waals surface area contributed by atoms with Crippen molar-refractivity contribution in [3.8, 4) is 10.7 Å². The Morgan fingerprint density at radius 1 is 1.40 bits per heavy atom. The van der Waals surface area contributed by atoms with Gasteiger partial charge in [-0.1, -0.05) is 13.0 Å². The van der Waals surface area contributed by atoms with E-state index in [2.05, 4.69) is 23.0 Å². The molecule has 0 radical (unpaired) electrons. The topological polar surface area (TPSA) is 51.8 Å². The highest BCUT2D eigenvalue weighted by molar-refractivity contribution is 7.15. The molecule has 15 heavy (non-hydrogen) atoms. The fourth-order valence-corrected chi connectivity index (χ4v) is 2.25. The molecule has 0 aliphatic heterocycles. The molecule has 78 valence electrons. The molecule has 0 amide bonds. The summed E-state index contributed by atoms with van der Waals surface area (Å²) in [4.78, 5) is 9.81. The highest BCUT2D eigenvalue weighted by Gasteiger charge is 2.08. The van der Waals surface area contributed by atoms with Gasteiger partial charge in [0, 0.05) is 23.8 Å². The number of nitrogens with two attached hydrogens (primary N) is 1. The average molecular weight is 219 g/mol. The molecular formula is C11H13N3S. The second kappa shape index (κ2) is 4.51. The summed E-state index contributed by atoms with van der Waals surface area (Å²) >= 11 is 1.62. The van der Waals surface area contributed by atoms with Gasteiger partial charge in [0.25, 0.3) is 0 Å². The Hall–Kier alpha value is -1.26. The summed E-state index contributed by atoms with van der Waals surface area (Å²) in [6.07, 6.45) is 4.60. The lowest BCUT2D eigenvalue weighted by molar-refractivity contribution is 1.09. The first-order valence-corrected chi connectivity index (χ1v) is 5.75. The maximum absolute atomic E-state index is 5.56. The number of aromatic nitrogens is 2. The van der Waals surface area contributed by atoms with Crippen molar-refractivity contribution >= 4 is 11.3 Å². The summed E-state index contributed by atoms with van der Waals surface area (Å²) in [6.45, 7) is 2.67. The molecule has 0 fully saturated rings. The van der Waals surface area contributed by atoms with Crippen molar-refractivity contribution < 1.29 is 0 Å². The van der Waals surface area contributed by atoms with Crippen molar-refractivity contribution in [2.24, 2.45) is 5.73 Å². The van der Waals surface area contributed by atoms with Crippen LogP contribution in [0.4, 0.5) is 0 Å². The third kappa shape index (κ3) is 2.06. The highest BCUT2D eigenvalue weighted by atomic mass is 32.1. The summed E-state index contributed by atoms with van der Waals surface area (Å²) in [5, 5.41) is 0.966. The Balaban J connectivity index is 2.44. The molecule has 2 rings (SSSR count). The SMILES string of the molecule is CCc1cccnc1-c1ncc(CN)s1. The van der Waals surface area contributed by atoms with Gasteiger partial charge in [-0.3, -0.25) is 4.98 Å². The molecule has 3 nitrogen and oxygen atoms in total. The molecule has 2 heterocycles. The van der Waals surface area contributed by atoms with Crippen molar-refractivity contribution in [3.05, 3.63) is 35.0 Å². The van der Waals surface area contributed by atoms with E-state index in [0.29, 0.717) is 6.54 Å². The average Bonchev–Trinajstić information content (AvgIpc) is 2.77. The molecule has 4 heteroatoms. The maximum Gasteiger partial charge on any atom is 0.142 e. The Morgan fingerprint density at radius 3 is 2.93 bits per heavy atom. The van der Waals surface area contributed by atoms with E-state index in [9.17, 15) is 0 Å². The maximum atomic E-state index is 5.56. The number of nitrogens with zero attached hydrogens (tertiary/aromatic N) is 2. The summed E-state index contributed by atoms with van der Waals surface area (Å²) in [5.41, 5.74) is 7.78. The van der Waals surface area contributed by atoms with Gasteiger partial charge >= 0.3 is 0 Å². The van der Waals surface area contributed by atoms with Crippen LogP contribution in [0.1, 0.15) is 17.4 Å².